The Labute approximate surface area is 130 Å². The molecule has 0 unspecified atom stereocenters. The molecule has 8 heteroatoms. The Balaban J connectivity index is 1.84. The van der Waals surface area contributed by atoms with E-state index in [1.54, 1.807) is 24.4 Å². The van der Waals surface area contributed by atoms with Gasteiger partial charge in [0.05, 0.1) is 12.1 Å². The monoisotopic (exact) mass is 329 g/mol. The van der Waals surface area contributed by atoms with Crippen LogP contribution in [0, 0.1) is 0 Å². The number of nitrogens with one attached hydrogen (secondary N) is 1. The molecule has 3 rings (SSSR count). The van der Waals surface area contributed by atoms with Gasteiger partial charge in [-0.1, -0.05) is 11.6 Å². The minimum atomic E-state index is -1.48. The third-order valence-corrected chi connectivity index (χ3v) is 3.93. The Kier molecular flexibility index (Phi) is 4.26. The molecule has 2 heterocycles. The van der Waals surface area contributed by atoms with Gasteiger partial charge in [0, 0.05) is 16.6 Å². The van der Waals surface area contributed by atoms with Crippen LogP contribution in [0.15, 0.2) is 24.4 Å². The normalized spacial score (nSPS) is 32.3. The van der Waals surface area contributed by atoms with Crippen molar-refractivity contribution in [3.05, 3.63) is 29.4 Å². The first-order chi connectivity index (χ1) is 10.5. The van der Waals surface area contributed by atoms with Gasteiger partial charge in [-0.15, -0.1) is 0 Å². The number of aromatic nitrogens is 1. The minimum Gasteiger partial charge on any atom is -0.460 e. The van der Waals surface area contributed by atoms with E-state index in [2.05, 4.69) is 4.98 Å². The van der Waals surface area contributed by atoms with Crippen LogP contribution < -0.4 is 4.74 Å². The second-order valence-corrected chi connectivity index (χ2v) is 5.59. The number of ether oxygens (including phenoxy) is 2. The van der Waals surface area contributed by atoms with Crippen LogP contribution in [-0.4, -0.2) is 62.7 Å². The van der Waals surface area contributed by atoms with Crippen LogP contribution in [-0.2, 0) is 4.74 Å². The van der Waals surface area contributed by atoms with E-state index in [0.717, 1.165) is 10.9 Å². The van der Waals surface area contributed by atoms with E-state index in [1.807, 2.05) is 0 Å². The second-order valence-electron chi connectivity index (χ2n) is 5.16. The second kappa shape index (κ2) is 6.04. The fourth-order valence-corrected chi connectivity index (χ4v) is 2.63. The highest BCUT2D eigenvalue weighted by Crippen LogP contribution is 2.31. The van der Waals surface area contributed by atoms with Gasteiger partial charge < -0.3 is 34.9 Å². The molecule has 0 amide bonds. The lowest BCUT2D eigenvalue weighted by Gasteiger charge is -2.39. The molecule has 7 nitrogen and oxygen atoms in total. The predicted molar refractivity (Wildman–Crippen MR) is 77.7 cm³/mol. The van der Waals surface area contributed by atoms with Crippen LogP contribution in [0.2, 0.25) is 5.02 Å². The molecule has 2 aromatic rings. The first-order valence-corrected chi connectivity index (χ1v) is 7.13. The zero-order valence-corrected chi connectivity index (χ0v) is 12.1. The molecule has 0 spiro atoms. The van der Waals surface area contributed by atoms with Gasteiger partial charge in [0.1, 0.15) is 30.2 Å². The van der Waals surface area contributed by atoms with E-state index in [-0.39, 0.29) is 0 Å². The molecule has 5 N–H and O–H groups in total. The molecule has 5 atom stereocenters. The number of fused-ring (bicyclic) bond motifs is 1. The lowest BCUT2D eigenvalue weighted by Crippen LogP contribution is -2.60. The molecule has 1 aliphatic rings. The van der Waals surface area contributed by atoms with Crippen LogP contribution >= 0.6 is 11.6 Å². The van der Waals surface area contributed by atoms with E-state index in [9.17, 15) is 15.3 Å². The fraction of sp³-hybridized carbons (Fsp3) is 0.429. The first-order valence-electron chi connectivity index (χ1n) is 6.75. The van der Waals surface area contributed by atoms with E-state index in [4.69, 9.17) is 26.2 Å². The lowest BCUT2D eigenvalue weighted by atomic mass is 9.99. The quantitative estimate of drug-likeness (QED) is 0.541. The maximum absolute atomic E-state index is 9.96. The van der Waals surface area contributed by atoms with Crippen molar-refractivity contribution >= 4 is 22.5 Å². The van der Waals surface area contributed by atoms with Gasteiger partial charge in [-0.3, -0.25) is 0 Å². The largest absolute Gasteiger partial charge is 0.460 e. The van der Waals surface area contributed by atoms with Gasteiger partial charge in [0.25, 0.3) is 0 Å². The van der Waals surface area contributed by atoms with Crippen LogP contribution in [0.4, 0.5) is 0 Å². The highest BCUT2D eigenvalue weighted by molar-refractivity contribution is 6.31. The average molecular weight is 330 g/mol. The van der Waals surface area contributed by atoms with Crippen molar-refractivity contribution in [1.29, 1.82) is 0 Å². The summed E-state index contributed by atoms with van der Waals surface area (Å²) in [7, 11) is 0. The van der Waals surface area contributed by atoms with Crippen molar-refractivity contribution in [2.45, 2.75) is 30.7 Å². The van der Waals surface area contributed by atoms with Gasteiger partial charge in [-0.05, 0) is 18.2 Å². The number of halogens is 1. The smallest absolute Gasteiger partial charge is 0.229 e. The van der Waals surface area contributed by atoms with Crippen LogP contribution in [0.25, 0.3) is 10.9 Å². The summed E-state index contributed by atoms with van der Waals surface area (Å²) in [5.74, 6) is 0.399. The molecular formula is C14H16ClNO6. The number of hydrogen-bond acceptors (Lipinski definition) is 6. The molecular weight excluding hydrogens is 314 g/mol. The van der Waals surface area contributed by atoms with Gasteiger partial charge >= 0.3 is 0 Å². The summed E-state index contributed by atoms with van der Waals surface area (Å²) >= 11 is 5.90. The number of H-pyrrole nitrogens is 1. The maximum Gasteiger partial charge on any atom is 0.229 e. The summed E-state index contributed by atoms with van der Waals surface area (Å²) in [6, 6.07) is 5.16. The highest BCUT2D eigenvalue weighted by atomic mass is 35.5. The summed E-state index contributed by atoms with van der Waals surface area (Å²) in [5, 5.41) is 39.9. The molecule has 0 saturated carbocycles. The predicted octanol–water partition coefficient (Wildman–Crippen LogP) is -0.000000000000000278. The summed E-state index contributed by atoms with van der Waals surface area (Å²) in [4.78, 5) is 2.97. The number of aliphatic hydroxyl groups excluding tert-OH is 4. The van der Waals surface area contributed by atoms with Crippen molar-refractivity contribution in [1.82, 2.24) is 4.98 Å². The summed E-state index contributed by atoms with van der Waals surface area (Å²) < 4.78 is 10.9. The SMILES string of the molecule is OC[C@H]1O[C@@H](Oc2c[nH]c3cc(Cl)ccc23)[C@H](O)[C@@H](O)[C@H]1O. The van der Waals surface area contributed by atoms with Crippen molar-refractivity contribution in [3.63, 3.8) is 0 Å². The third kappa shape index (κ3) is 2.67. The highest BCUT2D eigenvalue weighted by Gasteiger charge is 2.44. The van der Waals surface area contributed by atoms with Crippen molar-refractivity contribution < 1.29 is 29.9 Å². The summed E-state index contributed by atoms with van der Waals surface area (Å²) in [6.07, 6.45) is -5.00. The van der Waals surface area contributed by atoms with E-state index in [0.29, 0.717) is 10.8 Å². The van der Waals surface area contributed by atoms with Crippen LogP contribution in [0.5, 0.6) is 5.75 Å². The lowest BCUT2D eigenvalue weighted by molar-refractivity contribution is -0.277. The molecule has 1 aromatic heterocycles. The Morgan fingerprint density at radius 3 is 2.68 bits per heavy atom. The van der Waals surface area contributed by atoms with Crippen molar-refractivity contribution in [2.75, 3.05) is 6.61 Å². The molecule has 1 saturated heterocycles. The molecule has 22 heavy (non-hydrogen) atoms. The molecule has 1 fully saturated rings. The standard InChI is InChI=1S/C14H16ClNO6/c15-6-1-2-7-8(3-6)16-4-9(7)21-14-13(20)12(19)11(18)10(5-17)22-14/h1-4,10-14,16-20H,5H2/t10-,11+,12+,13-,14-/m1/s1. The van der Waals surface area contributed by atoms with Crippen LogP contribution in [0.1, 0.15) is 0 Å². The molecule has 120 valence electrons. The summed E-state index contributed by atoms with van der Waals surface area (Å²) in [6.45, 7) is -0.506. The number of aromatic amines is 1. The van der Waals surface area contributed by atoms with Crippen molar-refractivity contribution in [2.24, 2.45) is 0 Å². The Bertz CT molecular complexity index is 660. The van der Waals surface area contributed by atoms with Crippen molar-refractivity contribution in [3.8, 4) is 5.75 Å². The topological polar surface area (TPSA) is 115 Å². The van der Waals surface area contributed by atoms with Gasteiger partial charge in [-0.2, -0.15) is 0 Å². The van der Waals surface area contributed by atoms with Crippen LogP contribution in [0.3, 0.4) is 0 Å². The summed E-state index contributed by atoms with van der Waals surface area (Å²) in [5.41, 5.74) is 0.743. The number of hydrogen-bond donors (Lipinski definition) is 5. The first kappa shape index (κ1) is 15.5. The third-order valence-electron chi connectivity index (χ3n) is 3.70. The number of aliphatic hydroxyl groups is 4. The molecule has 0 radical (unpaired) electrons. The fourth-order valence-electron chi connectivity index (χ4n) is 2.46. The zero-order valence-electron chi connectivity index (χ0n) is 11.4. The van der Waals surface area contributed by atoms with E-state index >= 15 is 0 Å². The Morgan fingerprint density at radius 1 is 1.18 bits per heavy atom. The maximum atomic E-state index is 9.96. The minimum absolute atomic E-state index is 0.399. The average Bonchev–Trinajstić information content (AvgIpc) is 2.90. The molecule has 1 aromatic carbocycles. The van der Waals surface area contributed by atoms with Gasteiger partial charge in [0.2, 0.25) is 6.29 Å². The molecule has 0 bridgehead atoms. The number of rotatable bonds is 3. The Morgan fingerprint density at radius 2 is 1.95 bits per heavy atom. The van der Waals surface area contributed by atoms with E-state index < -0.39 is 37.3 Å². The molecule has 0 aliphatic carbocycles. The Hall–Kier alpha value is -1.35. The van der Waals surface area contributed by atoms with Gasteiger partial charge in [-0.25, -0.2) is 0 Å². The zero-order chi connectivity index (χ0) is 15.9. The number of benzene rings is 1. The van der Waals surface area contributed by atoms with Gasteiger partial charge in [0.15, 0.2) is 0 Å². The molecule has 1 aliphatic heterocycles. The van der Waals surface area contributed by atoms with E-state index in [1.165, 1.54) is 0 Å².